The summed E-state index contributed by atoms with van der Waals surface area (Å²) in [5, 5.41) is 0. The molecule has 0 amide bonds. The van der Waals surface area contributed by atoms with Crippen molar-refractivity contribution in [2.45, 2.75) is 25.9 Å². The van der Waals surface area contributed by atoms with Crippen LogP contribution in [0.4, 0.5) is 0 Å². The fourth-order valence-electron chi connectivity index (χ4n) is 2.78. The summed E-state index contributed by atoms with van der Waals surface area (Å²) in [6.07, 6.45) is 3.24. The van der Waals surface area contributed by atoms with Gasteiger partial charge in [-0.1, -0.05) is 18.2 Å². The standard InChI is InChI=1S/C19H23NO5/c1-12(2)25-16-9-7-6-8-13(16)17-14(18(21)23-4)10-20(3)11-15(17)19(22)24-5/h6-12,17H,1-5H3. The van der Waals surface area contributed by atoms with E-state index in [1.54, 1.807) is 24.3 Å². The highest BCUT2D eigenvalue weighted by Gasteiger charge is 2.36. The van der Waals surface area contributed by atoms with Gasteiger partial charge >= 0.3 is 11.9 Å². The minimum Gasteiger partial charge on any atom is -0.491 e. The Morgan fingerprint density at radius 3 is 2.00 bits per heavy atom. The first-order valence-electron chi connectivity index (χ1n) is 7.96. The van der Waals surface area contributed by atoms with E-state index in [0.29, 0.717) is 22.5 Å². The number of ether oxygens (including phenoxy) is 3. The van der Waals surface area contributed by atoms with Crippen LogP contribution in [0.5, 0.6) is 5.75 Å². The number of carbonyl (C=O) groups is 2. The lowest BCUT2D eigenvalue weighted by Gasteiger charge is -2.29. The lowest BCUT2D eigenvalue weighted by molar-refractivity contribution is -0.137. The summed E-state index contributed by atoms with van der Waals surface area (Å²) in [4.78, 5) is 26.3. The lowest BCUT2D eigenvalue weighted by atomic mass is 9.83. The first-order valence-corrected chi connectivity index (χ1v) is 7.96. The minimum absolute atomic E-state index is 0.0523. The highest BCUT2D eigenvalue weighted by atomic mass is 16.5. The highest BCUT2D eigenvalue weighted by molar-refractivity contribution is 5.98. The molecule has 1 aromatic carbocycles. The number of nitrogens with zero attached hydrogens (tertiary/aromatic N) is 1. The van der Waals surface area contributed by atoms with E-state index in [4.69, 9.17) is 14.2 Å². The van der Waals surface area contributed by atoms with E-state index >= 15 is 0 Å². The number of methoxy groups -OCH3 is 2. The summed E-state index contributed by atoms with van der Waals surface area (Å²) in [7, 11) is 4.36. The van der Waals surface area contributed by atoms with Crippen LogP contribution in [-0.2, 0) is 19.1 Å². The third-order valence-corrected chi connectivity index (χ3v) is 3.74. The molecule has 0 aromatic heterocycles. The van der Waals surface area contributed by atoms with Gasteiger partial charge in [0.05, 0.1) is 37.4 Å². The van der Waals surface area contributed by atoms with Gasteiger partial charge in [0.15, 0.2) is 0 Å². The second-order valence-corrected chi connectivity index (χ2v) is 5.95. The van der Waals surface area contributed by atoms with Crippen molar-refractivity contribution < 1.29 is 23.8 Å². The Balaban J connectivity index is 2.62. The molecule has 6 nitrogen and oxygen atoms in total. The quantitative estimate of drug-likeness (QED) is 0.765. The monoisotopic (exact) mass is 345 g/mol. The smallest absolute Gasteiger partial charge is 0.336 e. The molecule has 6 heteroatoms. The molecule has 1 heterocycles. The third-order valence-electron chi connectivity index (χ3n) is 3.74. The molecule has 0 N–H and O–H groups in total. The van der Waals surface area contributed by atoms with E-state index in [2.05, 4.69) is 0 Å². The number of hydrogen-bond acceptors (Lipinski definition) is 6. The number of benzene rings is 1. The van der Waals surface area contributed by atoms with Crippen molar-refractivity contribution >= 4 is 11.9 Å². The first kappa shape index (κ1) is 18.6. The molecule has 0 unspecified atom stereocenters. The molecule has 0 radical (unpaired) electrons. The normalized spacial score (nSPS) is 14.7. The predicted molar refractivity (Wildman–Crippen MR) is 92.9 cm³/mol. The van der Waals surface area contributed by atoms with Crippen molar-refractivity contribution in [1.29, 1.82) is 0 Å². The van der Waals surface area contributed by atoms with Crippen LogP contribution in [0.2, 0.25) is 0 Å². The Morgan fingerprint density at radius 1 is 1.00 bits per heavy atom. The molecule has 134 valence electrons. The van der Waals surface area contributed by atoms with Crippen LogP contribution in [0.25, 0.3) is 0 Å². The van der Waals surface area contributed by atoms with Crippen LogP contribution in [-0.4, -0.2) is 44.2 Å². The Labute approximate surface area is 147 Å². The van der Waals surface area contributed by atoms with Gasteiger partial charge in [0.2, 0.25) is 0 Å². The van der Waals surface area contributed by atoms with E-state index in [0.717, 1.165) is 0 Å². The Morgan fingerprint density at radius 2 is 1.52 bits per heavy atom. The van der Waals surface area contributed by atoms with Crippen LogP contribution < -0.4 is 4.74 Å². The number of esters is 2. The molecule has 1 aliphatic heterocycles. The lowest BCUT2D eigenvalue weighted by Crippen LogP contribution is -2.27. The Bertz CT molecular complexity index is 686. The van der Waals surface area contributed by atoms with Crippen molar-refractivity contribution in [3.63, 3.8) is 0 Å². The van der Waals surface area contributed by atoms with Crippen LogP contribution in [0.15, 0.2) is 47.8 Å². The summed E-state index contributed by atoms with van der Waals surface area (Å²) in [6.45, 7) is 3.83. The highest BCUT2D eigenvalue weighted by Crippen LogP contribution is 2.40. The number of rotatable bonds is 5. The van der Waals surface area contributed by atoms with Gasteiger partial charge in [-0.05, 0) is 19.9 Å². The summed E-state index contributed by atoms with van der Waals surface area (Å²) in [5.74, 6) is -1.04. The van der Waals surface area contributed by atoms with Crippen molar-refractivity contribution in [2.75, 3.05) is 21.3 Å². The number of carbonyl (C=O) groups excluding carboxylic acids is 2. The van der Waals surface area contributed by atoms with Gasteiger partial charge in [0.25, 0.3) is 0 Å². The molecule has 0 saturated heterocycles. The molecule has 0 spiro atoms. The van der Waals surface area contributed by atoms with E-state index < -0.39 is 17.9 Å². The summed E-state index contributed by atoms with van der Waals surface area (Å²) >= 11 is 0. The van der Waals surface area contributed by atoms with E-state index in [-0.39, 0.29) is 6.10 Å². The third kappa shape index (κ3) is 4.02. The van der Waals surface area contributed by atoms with E-state index in [1.165, 1.54) is 14.2 Å². The first-order chi connectivity index (χ1) is 11.9. The van der Waals surface area contributed by atoms with Crippen LogP contribution >= 0.6 is 0 Å². The van der Waals surface area contributed by atoms with Gasteiger partial charge in [-0.2, -0.15) is 0 Å². The zero-order valence-corrected chi connectivity index (χ0v) is 15.1. The topological polar surface area (TPSA) is 65.1 Å². The molecule has 0 saturated carbocycles. The summed E-state index contributed by atoms with van der Waals surface area (Å²) in [5.41, 5.74) is 1.39. The Hall–Kier alpha value is -2.76. The molecule has 2 rings (SSSR count). The molecule has 0 atom stereocenters. The molecule has 1 aromatic rings. The van der Waals surface area contributed by atoms with Gasteiger partial charge in [0, 0.05) is 25.0 Å². The van der Waals surface area contributed by atoms with E-state index in [1.807, 2.05) is 38.1 Å². The zero-order valence-electron chi connectivity index (χ0n) is 15.1. The van der Waals surface area contributed by atoms with Gasteiger partial charge in [-0.15, -0.1) is 0 Å². The maximum absolute atomic E-state index is 12.3. The zero-order chi connectivity index (χ0) is 18.6. The molecule has 0 aliphatic carbocycles. The summed E-state index contributed by atoms with van der Waals surface area (Å²) < 4.78 is 15.7. The van der Waals surface area contributed by atoms with Gasteiger partial charge in [0.1, 0.15) is 5.75 Å². The summed E-state index contributed by atoms with van der Waals surface area (Å²) in [6, 6.07) is 7.34. The molecular weight excluding hydrogens is 322 g/mol. The SMILES string of the molecule is COC(=O)C1=CN(C)C=C(C(=O)OC)C1c1ccccc1OC(C)C. The average Bonchev–Trinajstić information content (AvgIpc) is 2.59. The minimum atomic E-state index is -0.633. The number of hydrogen-bond donors (Lipinski definition) is 0. The molecule has 0 fully saturated rings. The number of para-hydroxylation sites is 1. The second-order valence-electron chi connectivity index (χ2n) is 5.95. The van der Waals surface area contributed by atoms with Gasteiger partial charge < -0.3 is 19.1 Å². The maximum atomic E-state index is 12.3. The van der Waals surface area contributed by atoms with Crippen molar-refractivity contribution in [3.05, 3.63) is 53.4 Å². The van der Waals surface area contributed by atoms with Gasteiger partial charge in [-0.3, -0.25) is 0 Å². The largest absolute Gasteiger partial charge is 0.491 e. The molecule has 25 heavy (non-hydrogen) atoms. The average molecular weight is 345 g/mol. The Kier molecular flexibility index (Phi) is 5.85. The second kappa shape index (κ2) is 7.88. The van der Waals surface area contributed by atoms with Crippen molar-refractivity contribution in [2.24, 2.45) is 0 Å². The van der Waals surface area contributed by atoms with Crippen LogP contribution in [0, 0.1) is 0 Å². The van der Waals surface area contributed by atoms with Crippen molar-refractivity contribution in [3.8, 4) is 5.75 Å². The predicted octanol–water partition coefficient (Wildman–Crippen LogP) is 2.62. The maximum Gasteiger partial charge on any atom is 0.336 e. The molecule has 1 aliphatic rings. The van der Waals surface area contributed by atoms with E-state index in [9.17, 15) is 9.59 Å². The molecular formula is C19H23NO5. The van der Waals surface area contributed by atoms with Gasteiger partial charge in [-0.25, -0.2) is 9.59 Å². The fraction of sp³-hybridized carbons (Fsp3) is 0.368. The molecule has 0 bridgehead atoms. The van der Waals surface area contributed by atoms with Crippen molar-refractivity contribution in [1.82, 2.24) is 4.90 Å². The van der Waals surface area contributed by atoms with Crippen LogP contribution in [0.1, 0.15) is 25.3 Å². The fourth-order valence-corrected chi connectivity index (χ4v) is 2.78. The van der Waals surface area contributed by atoms with Crippen LogP contribution in [0.3, 0.4) is 0 Å².